The van der Waals surface area contributed by atoms with Gasteiger partial charge in [-0.05, 0) is 31.0 Å². The van der Waals surface area contributed by atoms with Gasteiger partial charge in [0.15, 0.2) is 0 Å². The van der Waals surface area contributed by atoms with Crippen LogP contribution in [0.2, 0.25) is 0 Å². The summed E-state index contributed by atoms with van der Waals surface area (Å²) in [6, 6.07) is 3.01. The fourth-order valence-corrected chi connectivity index (χ4v) is 3.08. The number of halogens is 1. The molecule has 1 heterocycles. The third-order valence-corrected chi connectivity index (χ3v) is 4.56. The molecule has 8 heteroatoms. The number of anilines is 1. The minimum absolute atomic E-state index is 0.206. The molecule has 0 bridgehead atoms. The van der Waals surface area contributed by atoms with Crippen molar-refractivity contribution in [3.05, 3.63) is 24.0 Å². The zero-order valence-electron chi connectivity index (χ0n) is 12.2. The third kappa shape index (κ3) is 4.41. The van der Waals surface area contributed by atoms with E-state index in [1.165, 1.54) is 12.5 Å². The molecule has 1 aliphatic heterocycles. The molecule has 1 aromatic carbocycles. The summed E-state index contributed by atoms with van der Waals surface area (Å²) in [5.41, 5.74) is 0.206. The van der Waals surface area contributed by atoms with Gasteiger partial charge in [0.2, 0.25) is 10.0 Å². The van der Waals surface area contributed by atoms with Gasteiger partial charge in [-0.15, -0.1) is 0 Å². The van der Waals surface area contributed by atoms with Crippen LogP contribution in [0, 0.1) is 5.82 Å². The maximum Gasteiger partial charge on any atom is 0.321 e. The Balaban J connectivity index is 2.11. The first-order valence-corrected chi connectivity index (χ1v) is 8.81. The van der Waals surface area contributed by atoms with Crippen LogP contribution in [-0.2, 0) is 10.0 Å². The van der Waals surface area contributed by atoms with Crippen molar-refractivity contribution in [2.75, 3.05) is 18.4 Å². The van der Waals surface area contributed by atoms with Crippen LogP contribution in [0.1, 0.15) is 32.1 Å². The van der Waals surface area contributed by atoms with Crippen LogP contribution in [-0.4, -0.2) is 32.4 Å². The SMILES string of the molecule is NS(=O)(=O)c1cc(NC(=O)N2CCCCCCC2)ccc1F. The highest BCUT2D eigenvalue weighted by Gasteiger charge is 2.18. The normalized spacial score (nSPS) is 16.7. The summed E-state index contributed by atoms with van der Waals surface area (Å²) in [5.74, 6) is -0.938. The number of likely N-dealkylation sites (tertiary alicyclic amines) is 1. The van der Waals surface area contributed by atoms with Gasteiger partial charge in [0.1, 0.15) is 10.7 Å². The Morgan fingerprint density at radius 2 is 1.73 bits per heavy atom. The number of urea groups is 1. The molecular formula is C14H20FN3O3S. The molecule has 1 fully saturated rings. The van der Waals surface area contributed by atoms with E-state index in [0.717, 1.165) is 37.8 Å². The lowest BCUT2D eigenvalue weighted by atomic mass is 10.1. The smallest absolute Gasteiger partial charge is 0.321 e. The van der Waals surface area contributed by atoms with Gasteiger partial charge in [-0.2, -0.15) is 0 Å². The third-order valence-electron chi connectivity index (χ3n) is 3.63. The van der Waals surface area contributed by atoms with Crippen LogP contribution in [0.5, 0.6) is 0 Å². The number of nitrogens with zero attached hydrogens (tertiary/aromatic N) is 1. The first-order valence-electron chi connectivity index (χ1n) is 7.26. The van der Waals surface area contributed by atoms with Crippen LogP contribution in [0.15, 0.2) is 23.1 Å². The number of nitrogens with one attached hydrogen (secondary N) is 1. The van der Waals surface area contributed by atoms with Crippen LogP contribution in [0.4, 0.5) is 14.9 Å². The Kier molecular flexibility index (Phi) is 5.36. The molecule has 6 nitrogen and oxygen atoms in total. The zero-order chi connectivity index (χ0) is 16.2. The number of rotatable bonds is 2. The molecule has 0 aromatic heterocycles. The molecule has 1 aromatic rings. The molecule has 0 atom stereocenters. The summed E-state index contributed by atoms with van der Waals surface area (Å²) in [4.78, 5) is 13.3. The fraction of sp³-hybridized carbons (Fsp3) is 0.500. The van der Waals surface area contributed by atoms with Crippen LogP contribution in [0.3, 0.4) is 0 Å². The number of benzene rings is 1. The van der Waals surface area contributed by atoms with Crippen molar-refractivity contribution in [3.8, 4) is 0 Å². The standard InChI is InChI=1S/C14H20FN3O3S/c15-12-7-6-11(10-13(12)22(16,20)21)17-14(19)18-8-4-2-1-3-5-9-18/h6-7,10H,1-5,8-9H2,(H,17,19)(H2,16,20,21). The fourth-order valence-electron chi connectivity index (χ4n) is 2.45. The molecule has 2 amide bonds. The molecule has 0 unspecified atom stereocenters. The number of hydrogen-bond acceptors (Lipinski definition) is 3. The number of sulfonamides is 1. The molecule has 0 saturated carbocycles. The number of amides is 2. The minimum Gasteiger partial charge on any atom is -0.325 e. The Bertz CT molecular complexity index is 641. The second kappa shape index (κ2) is 7.06. The molecule has 0 spiro atoms. The van der Waals surface area contributed by atoms with Gasteiger partial charge in [0.05, 0.1) is 0 Å². The number of carbonyl (C=O) groups is 1. The zero-order valence-corrected chi connectivity index (χ0v) is 13.0. The monoisotopic (exact) mass is 329 g/mol. The molecule has 2 rings (SSSR count). The molecule has 122 valence electrons. The molecule has 1 aliphatic rings. The van der Waals surface area contributed by atoms with Crippen molar-refractivity contribution in [3.63, 3.8) is 0 Å². The summed E-state index contributed by atoms with van der Waals surface area (Å²) >= 11 is 0. The second-order valence-corrected chi connectivity index (χ2v) is 6.91. The topological polar surface area (TPSA) is 92.5 Å². The predicted molar refractivity (Wildman–Crippen MR) is 81.4 cm³/mol. The number of primary sulfonamides is 1. The lowest BCUT2D eigenvalue weighted by Gasteiger charge is -2.25. The molecule has 1 saturated heterocycles. The van der Waals surface area contributed by atoms with Gasteiger partial charge < -0.3 is 10.2 Å². The second-order valence-electron chi connectivity index (χ2n) is 5.38. The van der Waals surface area contributed by atoms with E-state index in [1.807, 2.05) is 0 Å². The Hall–Kier alpha value is -1.67. The minimum atomic E-state index is -4.17. The van der Waals surface area contributed by atoms with Crippen molar-refractivity contribution in [2.24, 2.45) is 5.14 Å². The molecular weight excluding hydrogens is 309 g/mol. The number of hydrogen-bond donors (Lipinski definition) is 2. The highest BCUT2D eigenvalue weighted by molar-refractivity contribution is 7.89. The number of carbonyl (C=O) groups excluding carboxylic acids is 1. The summed E-state index contributed by atoms with van der Waals surface area (Å²) < 4.78 is 36.1. The summed E-state index contributed by atoms with van der Waals surface area (Å²) in [7, 11) is -4.17. The first kappa shape index (κ1) is 16.7. The van der Waals surface area contributed by atoms with E-state index in [9.17, 15) is 17.6 Å². The van der Waals surface area contributed by atoms with Gasteiger partial charge >= 0.3 is 6.03 Å². The largest absolute Gasteiger partial charge is 0.325 e. The van der Waals surface area contributed by atoms with E-state index in [-0.39, 0.29) is 11.7 Å². The van der Waals surface area contributed by atoms with Gasteiger partial charge in [0, 0.05) is 18.8 Å². The van der Waals surface area contributed by atoms with E-state index >= 15 is 0 Å². The van der Waals surface area contributed by atoms with Crippen molar-refractivity contribution in [1.29, 1.82) is 0 Å². The highest BCUT2D eigenvalue weighted by Crippen LogP contribution is 2.19. The molecule has 22 heavy (non-hydrogen) atoms. The van der Waals surface area contributed by atoms with Crippen molar-refractivity contribution >= 4 is 21.7 Å². The predicted octanol–water partition coefficient (Wildman–Crippen LogP) is 2.27. The maximum absolute atomic E-state index is 13.5. The van der Waals surface area contributed by atoms with Gasteiger partial charge in [-0.1, -0.05) is 19.3 Å². The van der Waals surface area contributed by atoms with Gasteiger partial charge in [0.25, 0.3) is 0 Å². The van der Waals surface area contributed by atoms with E-state index < -0.39 is 20.7 Å². The Labute approximate surface area is 129 Å². The lowest BCUT2D eigenvalue weighted by Crippen LogP contribution is -2.37. The first-order chi connectivity index (χ1) is 10.4. The summed E-state index contributed by atoms with van der Waals surface area (Å²) in [6.45, 7) is 1.32. The molecule has 0 aliphatic carbocycles. The quantitative estimate of drug-likeness (QED) is 0.871. The van der Waals surface area contributed by atoms with Crippen LogP contribution < -0.4 is 10.5 Å². The Morgan fingerprint density at radius 1 is 1.14 bits per heavy atom. The van der Waals surface area contributed by atoms with E-state index in [0.29, 0.717) is 13.1 Å². The Morgan fingerprint density at radius 3 is 2.32 bits per heavy atom. The van der Waals surface area contributed by atoms with Crippen molar-refractivity contribution < 1.29 is 17.6 Å². The van der Waals surface area contributed by atoms with Crippen LogP contribution >= 0.6 is 0 Å². The average molecular weight is 329 g/mol. The van der Waals surface area contributed by atoms with Gasteiger partial charge in [-0.3, -0.25) is 0 Å². The maximum atomic E-state index is 13.5. The average Bonchev–Trinajstić information content (AvgIpc) is 2.39. The van der Waals surface area contributed by atoms with Crippen molar-refractivity contribution in [2.45, 2.75) is 37.0 Å². The molecule has 3 N–H and O–H groups in total. The van der Waals surface area contributed by atoms with E-state index in [1.54, 1.807) is 4.90 Å². The molecule has 0 radical (unpaired) electrons. The van der Waals surface area contributed by atoms with Gasteiger partial charge in [-0.25, -0.2) is 22.7 Å². The van der Waals surface area contributed by atoms with E-state index in [2.05, 4.69) is 5.32 Å². The number of nitrogens with two attached hydrogens (primary N) is 1. The van der Waals surface area contributed by atoms with Crippen molar-refractivity contribution in [1.82, 2.24) is 4.90 Å². The summed E-state index contributed by atoms with van der Waals surface area (Å²) in [5, 5.41) is 7.55. The van der Waals surface area contributed by atoms with E-state index in [4.69, 9.17) is 5.14 Å². The van der Waals surface area contributed by atoms with Crippen LogP contribution in [0.25, 0.3) is 0 Å². The summed E-state index contributed by atoms with van der Waals surface area (Å²) in [6.07, 6.45) is 5.26. The highest BCUT2D eigenvalue weighted by atomic mass is 32.2. The lowest BCUT2D eigenvalue weighted by molar-refractivity contribution is 0.206.